The summed E-state index contributed by atoms with van der Waals surface area (Å²) in [4.78, 5) is 26.8. The largest absolute Gasteiger partial charge is 0.481 e. The Balaban J connectivity index is 1.93. The van der Waals surface area contributed by atoms with Crippen LogP contribution in [0.4, 0.5) is 5.69 Å². The fraction of sp³-hybridized carbons (Fsp3) is 0.438. The van der Waals surface area contributed by atoms with Gasteiger partial charge >= 0.3 is 5.97 Å². The van der Waals surface area contributed by atoms with Crippen LogP contribution in [0.15, 0.2) is 18.2 Å². The number of unbranched alkanes of at least 4 members (excludes halogenated alkanes) is 1. The highest BCUT2D eigenvalue weighted by atomic mass is 32.1. The lowest BCUT2D eigenvalue weighted by Gasteiger charge is -2.04. The van der Waals surface area contributed by atoms with Crippen molar-refractivity contribution in [2.24, 2.45) is 0 Å². The summed E-state index contributed by atoms with van der Waals surface area (Å²) in [6, 6.07) is 5.70. The van der Waals surface area contributed by atoms with Crippen LogP contribution in [0.1, 0.15) is 50.5 Å². The normalized spacial score (nSPS) is 11.0. The van der Waals surface area contributed by atoms with Gasteiger partial charge in [0, 0.05) is 24.4 Å². The van der Waals surface area contributed by atoms with Gasteiger partial charge in [-0.1, -0.05) is 13.8 Å². The smallest absolute Gasteiger partial charge is 0.303 e. The van der Waals surface area contributed by atoms with Crippen molar-refractivity contribution in [1.82, 2.24) is 4.98 Å². The molecule has 2 rings (SSSR count). The average molecular weight is 320 g/mol. The molecule has 0 aliphatic rings. The van der Waals surface area contributed by atoms with Gasteiger partial charge in [0.15, 0.2) is 0 Å². The second kappa shape index (κ2) is 7.35. The zero-order valence-electron chi connectivity index (χ0n) is 12.8. The van der Waals surface area contributed by atoms with Crippen LogP contribution in [0.5, 0.6) is 0 Å². The molecule has 0 spiro atoms. The van der Waals surface area contributed by atoms with E-state index in [9.17, 15) is 9.59 Å². The predicted molar refractivity (Wildman–Crippen MR) is 88.4 cm³/mol. The minimum atomic E-state index is -0.822. The number of aliphatic carboxylic acids is 1. The molecule has 2 N–H and O–H groups in total. The van der Waals surface area contributed by atoms with Crippen molar-refractivity contribution in [3.05, 3.63) is 23.2 Å². The molecule has 0 saturated carbocycles. The molecule has 1 aromatic heterocycles. The van der Waals surface area contributed by atoms with E-state index in [2.05, 4.69) is 24.1 Å². The Labute approximate surface area is 133 Å². The van der Waals surface area contributed by atoms with Gasteiger partial charge in [-0.2, -0.15) is 0 Å². The maximum absolute atomic E-state index is 11.8. The standard InChI is InChI=1S/C16H20N2O3S/c1-10(2)16-18-12-8-7-11(9-13(12)22-16)17-14(19)5-3-4-6-15(20)21/h7-10H,3-6H2,1-2H3,(H,17,19)(H,20,21). The molecule has 0 saturated heterocycles. The van der Waals surface area contributed by atoms with Crippen molar-refractivity contribution in [1.29, 1.82) is 0 Å². The first-order valence-corrected chi connectivity index (χ1v) is 8.19. The minimum Gasteiger partial charge on any atom is -0.481 e. The van der Waals surface area contributed by atoms with Crippen molar-refractivity contribution < 1.29 is 14.7 Å². The first-order valence-electron chi connectivity index (χ1n) is 7.38. The summed E-state index contributed by atoms with van der Waals surface area (Å²) in [5, 5.41) is 12.5. The molecular formula is C16H20N2O3S. The van der Waals surface area contributed by atoms with Gasteiger partial charge in [0.2, 0.25) is 5.91 Å². The summed E-state index contributed by atoms with van der Waals surface area (Å²) < 4.78 is 1.06. The van der Waals surface area contributed by atoms with E-state index >= 15 is 0 Å². The quantitative estimate of drug-likeness (QED) is 0.756. The lowest BCUT2D eigenvalue weighted by atomic mass is 10.2. The molecule has 0 aliphatic heterocycles. The number of hydrogen-bond acceptors (Lipinski definition) is 4. The van der Waals surface area contributed by atoms with Crippen LogP contribution in [-0.4, -0.2) is 22.0 Å². The van der Waals surface area contributed by atoms with Crippen LogP contribution < -0.4 is 5.32 Å². The van der Waals surface area contributed by atoms with Gasteiger partial charge in [0.1, 0.15) is 0 Å². The van der Waals surface area contributed by atoms with Crippen LogP contribution in [-0.2, 0) is 9.59 Å². The number of carbonyl (C=O) groups is 2. The molecule has 0 fully saturated rings. The molecular weight excluding hydrogens is 300 g/mol. The van der Waals surface area contributed by atoms with E-state index in [1.54, 1.807) is 11.3 Å². The highest BCUT2D eigenvalue weighted by Crippen LogP contribution is 2.29. The molecule has 2 aromatic rings. The number of nitrogens with zero attached hydrogens (tertiary/aromatic N) is 1. The van der Waals surface area contributed by atoms with Crippen molar-refractivity contribution >= 4 is 39.1 Å². The maximum atomic E-state index is 11.8. The highest BCUT2D eigenvalue weighted by molar-refractivity contribution is 7.18. The van der Waals surface area contributed by atoms with Gasteiger partial charge in [-0.25, -0.2) is 4.98 Å². The molecule has 0 atom stereocenters. The Kier molecular flexibility index (Phi) is 5.49. The van der Waals surface area contributed by atoms with Crippen molar-refractivity contribution in [3.8, 4) is 0 Å². The van der Waals surface area contributed by atoms with Gasteiger partial charge in [0.25, 0.3) is 0 Å². The number of anilines is 1. The molecule has 5 nitrogen and oxygen atoms in total. The Hall–Kier alpha value is -1.95. The summed E-state index contributed by atoms with van der Waals surface area (Å²) in [6.07, 6.45) is 1.55. The first-order chi connectivity index (χ1) is 10.5. The van der Waals surface area contributed by atoms with E-state index in [0.717, 1.165) is 20.9 Å². The fourth-order valence-corrected chi connectivity index (χ4v) is 3.06. The molecule has 1 amide bonds. The second-order valence-corrected chi connectivity index (χ2v) is 6.60. The minimum absolute atomic E-state index is 0.0849. The summed E-state index contributed by atoms with van der Waals surface area (Å²) in [5.41, 5.74) is 1.71. The number of carboxylic acid groups (broad SMARTS) is 1. The topological polar surface area (TPSA) is 79.3 Å². The number of carboxylic acids is 1. The predicted octanol–water partition coefficient (Wildman–Crippen LogP) is 4.00. The monoisotopic (exact) mass is 320 g/mol. The number of carbonyl (C=O) groups excluding carboxylic acids is 1. The molecule has 6 heteroatoms. The number of thiazole rings is 1. The third kappa shape index (κ3) is 4.53. The lowest BCUT2D eigenvalue weighted by Crippen LogP contribution is -2.11. The number of rotatable bonds is 7. The van der Waals surface area contributed by atoms with Crippen LogP contribution >= 0.6 is 11.3 Å². The molecule has 1 aromatic carbocycles. The molecule has 0 radical (unpaired) electrons. The highest BCUT2D eigenvalue weighted by Gasteiger charge is 2.09. The molecule has 0 bridgehead atoms. The van der Waals surface area contributed by atoms with E-state index in [1.807, 2.05) is 18.2 Å². The first kappa shape index (κ1) is 16.4. The number of aromatic nitrogens is 1. The maximum Gasteiger partial charge on any atom is 0.303 e. The van der Waals surface area contributed by atoms with Crippen molar-refractivity contribution in [2.45, 2.75) is 45.4 Å². The zero-order chi connectivity index (χ0) is 16.1. The van der Waals surface area contributed by atoms with Crippen molar-refractivity contribution in [2.75, 3.05) is 5.32 Å². The summed E-state index contributed by atoms with van der Waals surface area (Å²) in [6.45, 7) is 4.22. The Morgan fingerprint density at radius 2 is 2.00 bits per heavy atom. The third-order valence-corrected chi connectivity index (χ3v) is 4.55. The van der Waals surface area contributed by atoms with Crippen LogP contribution in [0.2, 0.25) is 0 Å². The summed E-state index contributed by atoms with van der Waals surface area (Å²) in [5.74, 6) is -0.514. The van der Waals surface area contributed by atoms with Gasteiger partial charge in [-0.15, -0.1) is 11.3 Å². The van der Waals surface area contributed by atoms with Crippen LogP contribution in [0, 0.1) is 0 Å². The number of nitrogens with one attached hydrogen (secondary N) is 1. The van der Waals surface area contributed by atoms with Crippen molar-refractivity contribution in [3.63, 3.8) is 0 Å². The average Bonchev–Trinajstić information content (AvgIpc) is 2.87. The lowest BCUT2D eigenvalue weighted by molar-refractivity contribution is -0.137. The van der Waals surface area contributed by atoms with E-state index in [-0.39, 0.29) is 12.3 Å². The van der Waals surface area contributed by atoms with Gasteiger partial charge in [-0.3, -0.25) is 9.59 Å². The van der Waals surface area contributed by atoms with E-state index in [4.69, 9.17) is 5.11 Å². The molecule has 0 aliphatic carbocycles. The summed E-state index contributed by atoms with van der Waals surface area (Å²) in [7, 11) is 0. The molecule has 118 valence electrons. The molecule has 22 heavy (non-hydrogen) atoms. The Morgan fingerprint density at radius 3 is 2.68 bits per heavy atom. The van der Waals surface area contributed by atoms with Crippen LogP contribution in [0.25, 0.3) is 10.2 Å². The number of amides is 1. The number of hydrogen-bond donors (Lipinski definition) is 2. The molecule has 0 unspecified atom stereocenters. The van der Waals surface area contributed by atoms with Crippen LogP contribution in [0.3, 0.4) is 0 Å². The SMILES string of the molecule is CC(C)c1nc2ccc(NC(=O)CCCCC(=O)O)cc2s1. The van der Waals surface area contributed by atoms with E-state index < -0.39 is 5.97 Å². The van der Waals surface area contributed by atoms with E-state index in [0.29, 0.717) is 25.2 Å². The zero-order valence-corrected chi connectivity index (χ0v) is 13.6. The second-order valence-electron chi connectivity index (χ2n) is 5.54. The van der Waals surface area contributed by atoms with Gasteiger partial charge in [-0.05, 0) is 31.0 Å². The third-order valence-electron chi connectivity index (χ3n) is 3.23. The number of benzene rings is 1. The van der Waals surface area contributed by atoms with E-state index in [1.165, 1.54) is 0 Å². The Bertz CT molecular complexity index is 679. The Morgan fingerprint density at radius 1 is 1.27 bits per heavy atom. The van der Waals surface area contributed by atoms with Gasteiger partial charge in [0.05, 0.1) is 15.2 Å². The number of fused-ring (bicyclic) bond motifs is 1. The molecule has 1 heterocycles. The fourth-order valence-electron chi connectivity index (χ4n) is 2.05. The summed E-state index contributed by atoms with van der Waals surface area (Å²) >= 11 is 1.64. The van der Waals surface area contributed by atoms with Gasteiger partial charge < -0.3 is 10.4 Å².